The van der Waals surface area contributed by atoms with Crippen molar-refractivity contribution >= 4 is 17.8 Å². The molecule has 20 heavy (non-hydrogen) atoms. The summed E-state index contributed by atoms with van der Waals surface area (Å²) in [6, 6.07) is 7.29. The van der Waals surface area contributed by atoms with Gasteiger partial charge in [-0.1, -0.05) is 37.2 Å². The SMILES string of the molecule is CC(C)c1noc(NCCSCc2ccccc2F)n1. The van der Waals surface area contributed by atoms with Crippen LogP contribution in [0.5, 0.6) is 0 Å². The lowest BCUT2D eigenvalue weighted by Gasteiger charge is -2.03. The Kier molecular flexibility index (Phi) is 5.40. The summed E-state index contributed by atoms with van der Waals surface area (Å²) in [5.41, 5.74) is 0.734. The van der Waals surface area contributed by atoms with Gasteiger partial charge in [-0.05, 0) is 11.6 Å². The molecule has 0 saturated carbocycles. The van der Waals surface area contributed by atoms with Gasteiger partial charge >= 0.3 is 6.01 Å². The summed E-state index contributed by atoms with van der Waals surface area (Å²) in [4.78, 5) is 4.22. The summed E-state index contributed by atoms with van der Waals surface area (Å²) in [6.07, 6.45) is 0. The molecule has 6 heteroatoms. The minimum Gasteiger partial charge on any atom is -0.337 e. The lowest BCUT2D eigenvalue weighted by Crippen LogP contribution is -2.05. The molecule has 0 spiro atoms. The molecule has 2 rings (SSSR count). The molecule has 0 aliphatic carbocycles. The van der Waals surface area contributed by atoms with Crippen molar-refractivity contribution in [3.63, 3.8) is 0 Å². The van der Waals surface area contributed by atoms with E-state index in [0.717, 1.165) is 11.3 Å². The number of hydrogen-bond acceptors (Lipinski definition) is 5. The van der Waals surface area contributed by atoms with Crippen molar-refractivity contribution in [1.29, 1.82) is 0 Å². The predicted octanol–water partition coefficient (Wildman–Crippen LogP) is 3.68. The molecule has 0 aliphatic heterocycles. The van der Waals surface area contributed by atoms with E-state index in [2.05, 4.69) is 15.5 Å². The largest absolute Gasteiger partial charge is 0.337 e. The fourth-order valence-electron chi connectivity index (χ4n) is 1.57. The summed E-state index contributed by atoms with van der Waals surface area (Å²) in [5.74, 6) is 2.31. The van der Waals surface area contributed by atoms with E-state index in [4.69, 9.17) is 4.52 Å². The Hall–Kier alpha value is -1.56. The quantitative estimate of drug-likeness (QED) is 0.790. The second-order valence-corrected chi connectivity index (χ2v) is 5.79. The normalized spacial score (nSPS) is 11.0. The van der Waals surface area contributed by atoms with E-state index in [0.29, 0.717) is 24.1 Å². The van der Waals surface area contributed by atoms with E-state index in [1.807, 2.05) is 26.0 Å². The molecule has 0 saturated heterocycles. The summed E-state index contributed by atoms with van der Waals surface area (Å²) in [5, 5.41) is 6.93. The average molecular weight is 295 g/mol. The molecule has 0 fully saturated rings. The van der Waals surface area contributed by atoms with Crippen LogP contribution in [0.25, 0.3) is 0 Å². The minimum absolute atomic E-state index is 0.147. The van der Waals surface area contributed by atoms with Gasteiger partial charge in [0.15, 0.2) is 5.82 Å². The van der Waals surface area contributed by atoms with Crippen molar-refractivity contribution < 1.29 is 8.91 Å². The van der Waals surface area contributed by atoms with E-state index in [-0.39, 0.29) is 11.7 Å². The van der Waals surface area contributed by atoms with Gasteiger partial charge in [-0.2, -0.15) is 16.7 Å². The topological polar surface area (TPSA) is 51.0 Å². The van der Waals surface area contributed by atoms with Crippen molar-refractivity contribution in [2.24, 2.45) is 0 Å². The number of benzene rings is 1. The first-order valence-corrected chi connectivity index (χ1v) is 7.71. The molecule has 0 radical (unpaired) electrons. The Labute approximate surface area is 122 Å². The number of halogens is 1. The number of nitrogens with one attached hydrogen (secondary N) is 1. The highest BCUT2D eigenvalue weighted by atomic mass is 32.2. The van der Waals surface area contributed by atoms with E-state index in [1.54, 1.807) is 17.8 Å². The number of anilines is 1. The van der Waals surface area contributed by atoms with Crippen LogP contribution in [0.15, 0.2) is 28.8 Å². The van der Waals surface area contributed by atoms with Crippen molar-refractivity contribution in [2.45, 2.75) is 25.5 Å². The van der Waals surface area contributed by atoms with Crippen LogP contribution in [-0.2, 0) is 5.75 Å². The maximum absolute atomic E-state index is 13.4. The van der Waals surface area contributed by atoms with Crippen LogP contribution in [0.4, 0.5) is 10.4 Å². The predicted molar refractivity (Wildman–Crippen MR) is 79.4 cm³/mol. The molecule has 1 aromatic carbocycles. The molecular formula is C14H18FN3OS. The van der Waals surface area contributed by atoms with Crippen molar-refractivity contribution in [3.05, 3.63) is 41.5 Å². The second-order valence-electron chi connectivity index (χ2n) is 4.68. The van der Waals surface area contributed by atoms with Gasteiger partial charge in [0.1, 0.15) is 5.82 Å². The van der Waals surface area contributed by atoms with E-state index in [1.165, 1.54) is 6.07 Å². The van der Waals surface area contributed by atoms with Gasteiger partial charge in [0.2, 0.25) is 0 Å². The van der Waals surface area contributed by atoms with E-state index < -0.39 is 0 Å². The smallest absolute Gasteiger partial charge is 0.321 e. The molecule has 0 bridgehead atoms. The lowest BCUT2D eigenvalue weighted by atomic mass is 10.2. The van der Waals surface area contributed by atoms with Crippen molar-refractivity contribution in [2.75, 3.05) is 17.6 Å². The monoisotopic (exact) mass is 295 g/mol. The fraction of sp³-hybridized carbons (Fsp3) is 0.429. The Morgan fingerprint density at radius 2 is 2.15 bits per heavy atom. The number of aromatic nitrogens is 2. The highest BCUT2D eigenvalue weighted by Gasteiger charge is 2.08. The highest BCUT2D eigenvalue weighted by Crippen LogP contribution is 2.16. The highest BCUT2D eigenvalue weighted by molar-refractivity contribution is 7.98. The maximum Gasteiger partial charge on any atom is 0.321 e. The number of nitrogens with zero attached hydrogens (tertiary/aromatic N) is 2. The van der Waals surface area contributed by atoms with Crippen LogP contribution in [0.3, 0.4) is 0 Å². The van der Waals surface area contributed by atoms with Crippen LogP contribution in [0.2, 0.25) is 0 Å². The van der Waals surface area contributed by atoms with Crippen LogP contribution in [0.1, 0.15) is 31.2 Å². The van der Waals surface area contributed by atoms with Crippen LogP contribution >= 0.6 is 11.8 Å². The Morgan fingerprint density at radius 1 is 1.35 bits per heavy atom. The number of thioether (sulfide) groups is 1. The lowest BCUT2D eigenvalue weighted by molar-refractivity contribution is 0.420. The van der Waals surface area contributed by atoms with Gasteiger partial charge in [0, 0.05) is 24.0 Å². The number of rotatable bonds is 7. The molecule has 4 nitrogen and oxygen atoms in total. The van der Waals surface area contributed by atoms with Crippen LogP contribution < -0.4 is 5.32 Å². The third kappa shape index (κ3) is 4.23. The van der Waals surface area contributed by atoms with Gasteiger partial charge in [-0.3, -0.25) is 0 Å². The Balaban J connectivity index is 1.68. The summed E-state index contributed by atoms with van der Waals surface area (Å²) < 4.78 is 18.4. The maximum atomic E-state index is 13.4. The summed E-state index contributed by atoms with van der Waals surface area (Å²) >= 11 is 1.66. The first-order chi connectivity index (χ1) is 9.66. The minimum atomic E-state index is -0.147. The summed E-state index contributed by atoms with van der Waals surface area (Å²) in [6.45, 7) is 4.73. The van der Waals surface area contributed by atoms with Gasteiger partial charge in [-0.25, -0.2) is 4.39 Å². The zero-order chi connectivity index (χ0) is 14.4. The average Bonchev–Trinajstić information content (AvgIpc) is 2.89. The molecule has 1 heterocycles. The molecular weight excluding hydrogens is 277 g/mol. The van der Waals surface area contributed by atoms with Crippen LogP contribution in [0, 0.1) is 5.82 Å². The Morgan fingerprint density at radius 3 is 2.85 bits per heavy atom. The molecule has 1 N–H and O–H groups in total. The molecule has 0 unspecified atom stereocenters. The first-order valence-electron chi connectivity index (χ1n) is 6.55. The zero-order valence-electron chi connectivity index (χ0n) is 11.6. The Bertz CT molecular complexity index is 545. The van der Waals surface area contributed by atoms with Crippen LogP contribution in [-0.4, -0.2) is 22.4 Å². The summed E-state index contributed by atoms with van der Waals surface area (Å²) in [7, 11) is 0. The van der Waals surface area contributed by atoms with E-state index >= 15 is 0 Å². The molecule has 2 aromatic rings. The van der Waals surface area contributed by atoms with Gasteiger partial charge in [0.05, 0.1) is 0 Å². The van der Waals surface area contributed by atoms with Crippen molar-refractivity contribution in [3.8, 4) is 0 Å². The van der Waals surface area contributed by atoms with Crippen molar-refractivity contribution in [1.82, 2.24) is 10.1 Å². The van der Waals surface area contributed by atoms with Gasteiger partial charge in [-0.15, -0.1) is 0 Å². The molecule has 1 aromatic heterocycles. The third-order valence-electron chi connectivity index (χ3n) is 2.70. The van der Waals surface area contributed by atoms with E-state index in [9.17, 15) is 4.39 Å². The first kappa shape index (κ1) is 14.8. The van der Waals surface area contributed by atoms with Gasteiger partial charge < -0.3 is 9.84 Å². The molecule has 108 valence electrons. The standard InChI is InChI=1S/C14H18FN3OS/c1-10(2)13-17-14(19-18-13)16-7-8-20-9-11-5-3-4-6-12(11)15/h3-6,10H,7-9H2,1-2H3,(H,16,17,18). The second kappa shape index (κ2) is 7.28. The molecule has 0 amide bonds. The molecule has 0 aliphatic rings. The number of hydrogen-bond donors (Lipinski definition) is 1. The van der Waals surface area contributed by atoms with Gasteiger partial charge in [0.25, 0.3) is 0 Å². The molecule has 0 atom stereocenters. The fourth-order valence-corrected chi connectivity index (χ4v) is 2.41. The zero-order valence-corrected chi connectivity index (χ0v) is 12.4. The third-order valence-corrected chi connectivity index (χ3v) is 3.70.